The van der Waals surface area contributed by atoms with Gasteiger partial charge in [0.2, 0.25) is 0 Å². The van der Waals surface area contributed by atoms with E-state index in [2.05, 4.69) is 37.8 Å². The van der Waals surface area contributed by atoms with Gasteiger partial charge < -0.3 is 13.7 Å². The summed E-state index contributed by atoms with van der Waals surface area (Å²) in [5, 5.41) is 1.50. The van der Waals surface area contributed by atoms with Crippen molar-refractivity contribution in [1.82, 2.24) is 14.9 Å². The molecule has 2 bridgehead atoms. The molecule has 4 rings (SSSR count). The summed E-state index contributed by atoms with van der Waals surface area (Å²) in [6, 6.07) is 0.0657. The Balaban J connectivity index is 0.000000636. The predicted octanol–water partition coefficient (Wildman–Crippen LogP) is 1.53. The fourth-order valence-electron chi connectivity index (χ4n) is 3.31. The second-order valence-corrected chi connectivity index (χ2v) is 6.79. The van der Waals surface area contributed by atoms with Crippen molar-refractivity contribution in [2.45, 2.75) is 25.6 Å². The third-order valence-electron chi connectivity index (χ3n) is 4.28. The van der Waals surface area contributed by atoms with Gasteiger partial charge >= 0.3 is 22.7 Å². The predicted molar refractivity (Wildman–Crippen MR) is 87.2 cm³/mol. The van der Waals surface area contributed by atoms with Crippen molar-refractivity contribution in [3.05, 3.63) is 20.9 Å². The zero-order valence-electron chi connectivity index (χ0n) is 12.3. The van der Waals surface area contributed by atoms with Crippen LogP contribution >= 0.6 is 20.6 Å². The van der Waals surface area contributed by atoms with Gasteiger partial charge in [-0.25, -0.2) is 9.86 Å². The zero-order chi connectivity index (χ0) is 15.1. The second-order valence-electron chi connectivity index (χ2n) is 5.44. The lowest BCUT2D eigenvalue weighted by molar-refractivity contribution is -0.0194. The summed E-state index contributed by atoms with van der Waals surface area (Å²) < 4.78 is 5.20. The summed E-state index contributed by atoms with van der Waals surface area (Å²) in [4.78, 5) is 19.2. The molecule has 2 atom stereocenters. The van der Waals surface area contributed by atoms with Crippen LogP contribution in [0.2, 0.25) is 0 Å². The van der Waals surface area contributed by atoms with Crippen LogP contribution < -0.4 is 0 Å². The first kappa shape index (κ1) is 15.7. The molecule has 5 nitrogen and oxygen atoms in total. The highest BCUT2D eigenvalue weighted by Gasteiger charge is 2.45. The van der Waals surface area contributed by atoms with Gasteiger partial charge in [0.15, 0.2) is 0 Å². The van der Waals surface area contributed by atoms with Crippen molar-refractivity contribution in [2.24, 2.45) is 0 Å². The Hall–Kier alpha value is -0.148. The number of hydrogen-bond acceptors (Lipinski definition) is 4. The number of urea groups is 1. The van der Waals surface area contributed by atoms with Gasteiger partial charge in [-0.1, -0.05) is 6.66 Å². The highest BCUT2D eigenvalue weighted by Crippen LogP contribution is 2.45. The van der Waals surface area contributed by atoms with E-state index in [9.17, 15) is 4.79 Å². The lowest BCUT2D eigenvalue weighted by Gasteiger charge is -2.26. The van der Waals surface area contributed by atoms with E-state index in [0.717, 1.165) is 32.6 Å². The van der Waals surface area contributed by atoms with Crippen LogP contribution in [0.4, 0.5) is 4.79 Å². The first-order chi connectivity index (χ1) is 10.2. The van der Waals surface area contributed by atoms with E-state index >= 15 is 0 Å². The number of nitrogens with zero attached hydrogens (tertiary/aromatic N) is 3. The molecule has 8 heteroatoms. The quantitative estimate of drug-likeness (QED) is 0.575. The molecule has 1 saturated heterocycles. The molecule has 0 saturated carbocycles. The molecule has 2 unspecified atom stereocenters. The molecule has 112 valence electrons. The van der Waals surface area contributed by atoms with E-state index in [1.807, 2.05) is 22.9 Å². The molecular weight excluding hydrogens is 320 g/mol. The molecular formula is C13H19AlN3O2PS. The van der Waals surface area contributed by atoms with E-state index in [-0.39, 0.29) is 12.1 Å². The van der Waals surface area contributed by atoms with Crippen molar-refractivity contribution in [3.8, 4) is 0 Å². The number of rotatable bonds is 1. The molecule has 2 radical (unpaired) electrons. The minimum atomic E-state index is -0.0127. The Kier molecular flexibility index (Phi) is 4.61. The Bertz CT molecular complexity index is 568. The molecule has 2 amide bonds. The molecule has 3 aliphatic heterocycles. The smallest absolute Gasteiger partial charge is 0.423 e. The fourth-order valence-corrected chi connectivity index (χ4v) is 4.93. The lowest BCUT2D eigenvalue weighted by atomic mass is 9.98. The van der Waals surface area contributed by atoms with Gasteiger partial charge in [0.1, 0.15) is 6.04 Å². The topological polar surface area (TPSA) is 36.0 Å². The van der Waals surface area contributed by atoms with E-state index in [1.54, 1.807) is 0 Å². The second kappa shape index (κ2) is 6.16. The van der Waals surface area contributed by atoms with Crippen molar-refractivity contribution in [2.75, 3.05) is 26.8 Å². The molecule has 0 spiro atoms. The first-order valence-corrected chi connectivity index (χ1v) is 9.48. The fraction of sp³-hybridized carbons (Fsp3) is 0.615. The average molecular weight is 339 g/mol. The SMILES string of the molecule is CN1CCc2sc3c(c2C1)CN1CC3N([O][Al])C1=O.CP. The Morgan fingerprint density at radius 2 is 2.10 bits per heavy atom. The van der Waals surface area contributed by atoms with Gasteiger partial charge in [0, 0.05) is 29.4 Å². The average Bonchev–Trinajstić information content (AvgIpc) is 2.99. The number of fused-ring (bicyclic) bond motifs is 6. The van der Waals surface area contributed by atoms with Gasteiger partial charge in [-0.2, -0.15) is 0 Å². The number of carbonyl (C=O) groups is 1. The van der Waals surface area contributed by atoms with E-state index in [1.165, 1.54) is 25.9 Å². The maximum atomic E-state index is 12.1. The van der Waals surface area contributed by atoms with Gasteiger partial charge in [-0.15, -0.1) is 20.6 Å². The van der Waals surface area contributed by atoms with Crippen LogP contribution in [0.25, 0.3) is 0 Å². The van der Waals surface area contributed by atoms with Crippen LogP contribution in [0.15, 0.2) is 0 Å². The summed E-state index contributed by atoms with van der Waals surface area (Å²) >= 11 is 4.08. The zero-order valence-corrected chi connectivity index (χ0v) is 15.5. The highest BCUT2D eigenvalue weighted by molar-refractivity contribution is 7.15. The Labute approximate surface area is 140 Å². The number of likely N-dealkylation sites (N-methyl/N-ethyl adjacent to an activating group) is 1. The number of carbonyl (C=O) groups excluding carboxylic acids is 1. The van der Waals surface area contributed by atoms with E-state index < -0.39 is 0 Å². The largest absolute Gasteiger partial charge is 0.425 e. The maximum Gasteiger partial charge on any atom is 0.423 e. The summed E-state index contributed by atoms with van der Waals surface area (Å²) in [6.07, 6.45) is 1.13. The Morgan fingerprint density at radius 3 is 2.81 bits per heavy atom. The lowest BCUT2D eigenvalue weighted by Crippen LogP contribution is -2.31. The summed E-state index contributed by atoms with van der Waals surface area (Å²) in [5.74, 6) is 0. The molecule has 0 aromatic carbocycles. The monoisotopic (exact) mass is 339 g/mol. The minimum Gasteiger partial charge on any atom is -0.425 e. The standard InChI is InChI=1S/C12H14N3O2S.CH5P.Al/c1-13-3-2-10-7(4-13)8-5-14-6-9(11(8)18-10)15(17)12(14)16;1-2;/h9H,2-6H2,1H3;2H2,1H3;/q-1;;+1. The van der Waals surface area contributed by atoms with E-state index in [4.69, 9.17) is 3.89 Å². The van der Waals surface area contributed by atoms with Gasteiger partial charge in [-0.3, -0.25) is 0 Å². The highest BCUT2D eigenvalue weighted by atomic mass is 32.1. The van der Waals surface area contributed by atoms with Crippen LogP contribution in [-0.2, 0) is 23.4 Å². The molecule has 21 heavy (non-hydrogen) atoms. The van der Waals surface area contributed by atoms with Gasteiger partial charge in [-0.05, 0) is 24.6 Å². The van der Waals surface area contributed by atoms with Crippen LogP contribution in [0.5, 0.6) is 0 Å². The summed E-state index contributed by atoms with van der Waals surface area (Å²) in [7, 11) is 4.58. The van der Waals surface area contributed by atoms with Crippen LogP contribution in [-0.4, -0.2) is 64.3 Å². The maximum absolute atomic E-state index is 12.1. The molecule has 4 heterocycles. The first-order valence-electron chi connectivity index (χ1n) is 7.03. The third-order valence-corrected chi connectivity index (χ3v) is 5.94. The number of hydroxylamine groups is 2. The normalized spacial score (nSPS) is 23.6. The van der Waals surface area contributed by atoms with Gasteiger partial charge in [0.05, 0.1) is 6.54 Å². The Morgan fingerprint density at radius 1 is 1.33 bits per heavy atom. The summed E-state index contributed by atoms with van der Waals surface area (Å²) in [6.45, 7) is 5.56. The van der Waals surface area contributed by atoms with Crippen LogP contribution in [0.1, 0.15) is 26.9 Å². The molecule has 3 aliphatic rings. The number of thiophene rings is 1. The van der Waals surface area contributed by atoms with Crippen molar-refractivity contribution in [3.63, 3.8) is 0 Å². The molecule has 1 fully saturated rings. The summed E-state index contributed by atoms with van der Waals surface area (Å²) in [5.41, 5.74) is 2.84. The minimum absolute atomic E-state index is 0.0127. The molecule has 1 aromatic heterocycles. The molecule has 0 N–H and O–H groups in total. The van der Waals surface area contributed by atoms with E-state index in [0.29, 0.717) is 0 Å². The van der Waals surface area contributed by atoms with Crippen molar-refractivity contribution >= 4 is 43.2 Å². The van der Waals surface area contributed by atoms with Crippen LogP contribution in [0, 0.1) is 0 Å². The van der Waals surface area contributed by atoms with Gasteiger partial charge in [0.25, 0.3) is 0 Å². The number of amides is 2. The number of hydrogen-bond donors (Lipinski definition) is 0. The van der Waals surface area contributed by atoms with Crippen molar-refractivity contribution in [1.29, 1.82) is 0 Å². The third kappa shape index (κ3) is 2.45. The molecule has 0 aliphatic carbocycles. The van der Waals surface area contributed by atoms with Crippen molar-refractivity contribution < 1.29 is 8.68 Å². The molecule has 1 aromatic rings. The van der Waals surface area contributed by atoms with Crippen LogP contribution in [0.3, 0.4) is 0 Å².